The minimum Gasteiger partial charge on any atom is -0.210 e. The summed E-state index contributed by atoms with van der Waals surface area (Å²) >= 11 is 0. The van der Waals surface area contributed by atoms with Gasteiger partial charge in [0.2, 0.25) is 0 Å². The summed E-state index contributed by atoms with van der Waals surface area (Å²) in [6, 6.07) is 6.83. The maximum atomic E-state index is 2.33. The topological polar surface area (TPSA) is 0 Å². The Labute approximate surface area is 108 Å². The van der Waals surface area contributed by atoms with E-state index in [4.69, 9.17) is 0 Å². The van der Waals surface area contributed by atoms with Crippen molar-refractivity contribution in [1.29, 1.82) is 0 Å². The fraction of sp³-hybridized carbons (Fsp3) is 0.615. The van der Waals surface area contributed by atoms with Crippen LogP contribution in [-0.4, -0.2) is 0 Å². The average Bonchev–Trinajstić information content (AvgIpc) is 2.28. The van der Waals surface area contributed by atoms with Crippen LogP contribution in [0.25, 0.3) is 0 Å². The molecule has 0 amide bonds. The Morgan fingerprint density at radius 2 is 1.50 bits per heavy atom. The van der Waals surface area contributed by atoms with Crippen molar-refractivity contribution in [3.05, 3.63) is 29.3 Å². The molecule has 0 spiro atoms. The molecule has 0 saturated carbocycles. The zero-order valence-corrected chi connectivity index (χ0v) is 12.7. The predicted molar refractivity (Wildman–Crippen MR) is 59.4 cm³/mol. The molecule has 0 fully saturated rings. The standard InChI is InChI=1S/C13H21.Zr/c1-12(2,3)10-7-8-11(9-10)13(4,5)6;/h7-9H,1-6H3;/q-1;. The van der Waals surface area contributed by atoms with Crippen molar-refractivity contribution in [3.63, 3.8) is 0 Å². The van der Waals surface area contributed by atoms with Gasteiger partial charge in [0.15, 0.2) is 0 Å². The fourth-order valence-corrected chi connectivity index (χ4v) is 1.38. The Kier molecular flexibility index (Phi) is 4.47. The Bertz CT molecular complexity index is 252. The second-order valence-corrected chi connectivity index (χ2v) is 5.89. The van der Waals surface area contributed by atoms with Gasteiger partial charge in [-0.1, -0.05) is 52.4 Å². The number of hydrogen-bond donors (Lipinski definition) is 0. The first-order chi connectivity index (χ1) is 5.71. The van der Waals surface area contributed by atoms with Crippen LogP contribution in [0.3, 0.4) is 0 Å². The molecule has 1 rings (SSSR count). The van der Waals surface area contributed by atoms with E-state index in [2.05, 4.69) is 59.7 Å². The summed E-state index contributed by atoms with van der Waals surface area (Å²) in [6.07, 6.45) is 0. The molecular formula is C13H21Zr-. The van der Waals surface area contributed by atoms with Crippen molar-refractivity contribution in [2.45, 2.75) is 52.4 Å². The van der Waals surface area contributed by atoms with Gasteiger partial charge in [-0.25, -0.2) is 6.07 Å². The van der Waals surface area contributed by atoms with Gasteiger partial charge in [-0.3, -0.25) is 0 Å². The van der Waals surface area contributed by atoms with Crippen LogP contribution in [0.2, 0.25) is 0 Å². The maximum Gasteiger partial charge on any atom is 0 e. The maximum absolute atomic E-state index is 2.33. The Morgan fingerprint density at radius 1 is 1.00 bits per heavy atom. The van der Waals surface area contributed by atoms with Crippen LogP contribution in [-0.2, 0) is 37.0 Å². The molecule has 0 aromatic heterocycles. The molecule has 1 aromatic rings. The molecule has 0 aliphatic rings. The summed E-state index contributed by atoms with van der Waals surface area (Å²) in [5.41, 5.74) is 3.45. The molecular weight excluding hydrogens is 247 g/mol. The predicted octanol–water partition coefficient (Wildman–Crippen LogP) is 4.00. The summed E-state index contributed by atoms with van der Waals surface area (Å²) in [6.45, 7) is 13.6. The summed E-state index contributed by atoms with van der Waals surface area (Å²) in [7, 11) is 0. The molecule has 0 unspecified atom stereocenters. The summed E-state index contributed by atoms with van der Waals surface area (Å²) in [5.74, 6) is 0. The third-order valence-corrected chi connectivity index (χ3v) is 2.49. The van der Waals surface area contributed by atoms with Crippen molar-refractivity contribution in [1.82, 2.24) is 0 Å². The van der Waals surface area contributed by atoms with Crippen molar-refractivity contribution in [2.75, 3.05) is 0 Å². The van der Waals surface area contributed by atoms with E-state index < -0.39 is 0 Å². The van der Waals surface area contributed by atoms with Crippen molar-refractivity contribution < 1.29 is 26.2 Å². The van der Waals surface area contributed by atoms with Gasteiger partial charge in [-0.05, 0) is 0 Å². The molecule has 0 aliphatic carbocycles. The molecule has 0 radical (unpaired) electrons. The SMILES string of the molecule is CC(C)(C)c1cc[c-](C(C)(C)C)c1.[Zr]. The average molecular weight is 269 g/mol. The molecule has 1 aromatic carbocycles. The van der Waals surface area contributed by atoms with Crippen LogP contribution in [0.4, 0.5) is 0 Å². The van der Waals surface area contributed by atoms with Crippen LogP contribution < -0.4 is 0 Å². The summed E-state index contributed by atoms with van der Waals surface area (Å²) in [5, 5.41) is 0. The second kappa shape index (κ2) is 4.39. The van der Waals surface area contributed by atoms with Crippen molar-refractivity contribution in [3.8, 4) is 0 Å². The minimum absolute atomic E-state index is 0. The second-order valence-electron chi connectivity index (χ2n) is 5.89. The van der Waals surface area contributed by atoms with E-state index in [1.807, 2.05) is 0 Å². The number of hydrogen-bond acceptors (Lipinski definition) is 0. The van der Waals surface area contributed by atoms with Gasteiger partial charge >= 0.3 is 0 Å². The first-order valence-electron chi connectivity index (χ1n) is 4.99. The first kappa shape index (κ1) is 14.2. The Hall–Kier alpha value is 0.233. The largest absolute Gasteiger partial charge is 0.210 e. The third kappa shape index (κ3) is 3.42. The van der Waals surface area contributed by atoms with E-state index in [0.29, 0.717) is 0 Å². The van der Waals surface area contributed by atoms with Gasteiger partial charge in [0, 0.05) is 26.2 Å². The van der Waals surface area contributed by atoms with Crippen molar-refractivity contribution in [2.24, 2.45) is 0 Å². The Morgan fingerprint density at radius 3 is 1.71 bits per heavy atom. The molecule has 0 saturated heterocycles. The van der Waals surface area contributed by atoms with E-state index in [9.17, 15) is 0 Å². The van der Waals surface area contributed by atoms with Crippen molar-refractivity contribution >= 4 is 0 Å². The van der Waals surface area contributed by atoms with Crippen LogP contribution in [0.1, 0.15) is 52.7 Å². The molecule has 0 bridgehead atoms. The molecule has 14 heavy (non-hydrogen) atoms. The quantitative estimate of drug-likeness (QED) is 0.624. The van der Waals surface area contributed by atoms with Gasteiger partial charge in [0.1, 0.15) is 0 Å². The van der Waals surface area contributed by atoms with E-state index in [1.54, 1.807) is 0 Å². The molecule has 0 N–H and O–H groups in total. The normalized spacial score (nSPS) is 12.4. The fourth-order valence-electron chi connectivity index (χ4n) is 1.38. The molecule has 78 valence electrons. The zero-order chi connectivity index (χ0) is 10.3. The van der Waals surface area contributed by atoms with Gasteiger partial charge in [-0.15, -0.1) is 0 Å². The van der Waals surface area contributed by atoms with Gasteiger partial charge in [0.05, 0.1) is 0 Å². The van der Waals surface area contributed by atoms with E-state index in [1.165, 1.54) is 11.1 Å². The number of rotatable bonds is 0. The van der Waals surface area contributed by atoms with Crippen LogP contribution >= 0.6 is 0 Å². The smallest absolute Gasteiger partial charge is 0 e. The monoisotopic (exact) mass is 267 g/mol. The van der Waals surface area contributed by atoms with Crippen LogP contribution in [0.5, 0.6) is 0 Å². The molecule has 0 aliphatic heterocycles. The molecule has 1 heteroatoms. The van der Waals surface area contributed by atoms with E-state index >= 15 is 0 Å². The third-order valence-electron chi connectivity index (χ3n) is 2.49. The van der Waals surface area contributed by atoms with E-state index in [0.717, 1.165) is 0 Å². The van der Waals surface area contributed by atoms with Crippen LogP contribution in [0.15, 0.2) is 18.2 Å². The molecule has 0 heterocycles. The zero-order valence-electron chi connectivity index (χ0n) is 10.2. The Balaban J connectivity index is 0.00000169. The molecule has 0 atom stereocenters. The molecule has 0 nitrogen and oxygen atoms in total. The van der Waals surface area contributed by atoms with Gasteiger partial charge in [-0.2, -0.15) is 23.3 Å². The van der Waals surface area contributed by atoms with Crippen LogP contribution in [0, 0.1) is 0 Å². The summed E-state index contributed by atoms with van der Waals surface area (Å²) < 4.78 is 0. The minimum atomic E-state index is 0. The van der Waals surface area contributed by atoms with Gasteiger partial charge < -0.3 is 0 Å². The van der Waals surface area contributed by atoms with E-state index in [-0.39, 0.29) is 37.0 Å². The van der Waals surface area contributed by atoms with Gasteiger partial charge in [0.25, 0.3) is 0 Å². The summed E-state index contributed by atoms with van der Waals surface area (Å²) in [4.78, 5) is 0. The first-order valence-corrected chi connectivity index (χ1v) is 4.99.